The standard InChI is InChI=1S/C9H9FN2O3S/c1-5(10)15-6-3-2-4-7-8(6)9(11)12-16(7,13)14/h2-5H,1H3,(H2,11,12). The van der Waals surface area contributed by atoms with E-state index in [0.29, 0.717) is 0 Å². The molecule has 0 fully saturated rings. The van der Waals surface area contributed by atoms with Gasteiger partial charge in [-0.1, -0.05) is 6.07 Å². The molecule has 0 aromatic heterocycles. The molecule has 86 valence electrons. The second-order valence-corrected chi connectivity index (χ2v) is 4.81. The molecule has 1 aliphatic heterocycles. The van der Waals surface area contributed by atoms with E-state index in [1.807, 2.05) is 0 Å². The Labute approximate surface area is 91.8 Å². The van der Waals surface area contributed by atoms with Crippen molar-refractivity contribution in [3.63, 3.8) is 0 Å². The van der Waals surface area contributed by atoms with Crippen molar-refractivity contribution in [2.45, 2.75) is 18.2 Å². The molecule has 5 nitrogen and oxygen atoms in total. The molecule has 0 saturated carbocycles. The first-order valence-corrected chi connectivity index (χ1v) is 5.90. The molecule has 1 unspecified atom stereocenters. The van der Waals surface area contributed by atoms with Crippen LogP contribution in [0.5, 0.6) is 5.75 Å². The first-order valence-electron chi connectivity index (χ1n) is 4.46. The molecule has 0 aliphatic carbocycles. The molecule has 1 heterocycles. The molecule has 0 radical (unpaired) electrons. The zero-order valence-electron chi connectivity index (χ0n) is 8.34. The number of rotatable bonds is 2. The van der Waals surface area contributed by atoms with Crippen LogP contribution in [0.1, 0.15) is 12.5 Å². The van der Waals surface area contributed by atoms with Crippen LogP contribution < -0.4 is 10.5 Å². The summed E-state index contributed by atoms with van der Waals surface area (Å²) in [6, 6.07) is 4.24. The van der Waals surface area contributed by atoms with Gasteiger partial charge in [0.1, 0.15) is 16.5 Å². The Hall–Kier alpha value is -1.63. The van der Waals surface area contributed by atoms with Crippen LogP contribution in [0.4, 0.5) is 4.39 Å². The highest BCUT2D eigenvalue weighted by molar-refractivity contribution is 7.90. The number of nitrogens with zero attached hydrogens (tertiary/aromatic N) is 1. The Kier molecular flexibility index (Phi) is 2.34. The molecule has 16 heavy (non-hydrogen) atoms. The van der Waals surface area contributed by atoms with Gasteiger partial charge in [0.2, 0.25) is 6.36 Å². The molecule has 7 heteroatoms. The minimum absolute atomic E-state index is 0.0526. The van der Waals surface area contributed by atoms with E-state index in [9.17, 15) is 12.8 Å². The van der Waals surface area contributed by atoms with Crippen molar-refractivity contribution in [1.82, 2.24) is 0 Å². The Morgan fingerprint density at radius 2 is 2.19 bits per heavy atom. The predicted octanol–water partition coefficient (Wildman–Crippen LogP) is 0.788. The molecule has 1 aromatic rings. The number of hydrogen-bond donors (Lipinski definition) is 1. The van der Waals surface area contributed by atoms with Crippen molar-refractivity contribution in [2.24, 2.45) is 10.1 Å². The summed E-state index contributed by atoms with van der Waals surface area (Å²) in [5, 5.41) is 0. The normalized spacial score (nSPS) is 18.8. The van der Waals surface area contributed by atoms with Crippen molar-refractivity contribution >= 4 is 15.9 Å². The van der Waals surface area contributed by atoms with Crippen LogP contribution >= 0.6 is 0 Å². The second kappa shape index (κ2) is 3.44. The minimum atomic E-state index is -3.75. The molecule has 0 amide bonds. The smallest absolute Gasteiger partial charge is 0.285 e. The number of halogens is 1. The third-order valence-electron chi connectivity index (χ3n) is 2.03. The van der Waals surface area contributed by atoms with Crippen LogP contribution in [-0.2, 0) is 10.0 Å². The second-order valence-electron chi connectivity index (χ2n) is 3.24. The van der Waals surface area contributed by atoms with Gasteiger partial charge >= 0.3 is 0 Å². The summed E-state index contributed by atoms with van der Waals surface area (Å²) in [6.07, 6.45) is -1.55. The van der Waals surface area contributed by atoms with Crippen LogP contribution in [0, 0.1) is 0 Å². The van der Waals surface area contributed by atoms with Gasteiger partial charge in [0.15, 0.2) is 0 Å². The summed E-state index contributed by atoms with van der Waals surface area (Å²) in [5.41, 5.74) is 5.60. The van der Waals surface area contributed by atoms with Gasteiger partial charge in [-0.15, -0.1) is 4.40 Å². The average molecular weight is 244 g/mol. The molecular weight excluding hydrogens is 235 g/mol. The summed E-state index contributed by atoms with van der Waals surface area (Å²) in [5.74, 6) is -0.0962. The van der Waals surface area contributed by atoms with E-state index in [0.717, 1.165) is 0 Å². The number of benzene rings is 1. The number of ether oxygens (including phenoxy) is 1. The summed E-state index contributed by atoms with van der Waals surface area (Å²) >= 11 is 0. The number of hydrogen-bond acceptors (Lipinski definition) is 4. The fourth-order valence-electron chi connectivity index (χ4n) is 1.48. The van der Waals surface area contributed by atoms with Gasteiger partial charge in [0.25, 0.3) is 10.0 Å². The summed E-state index contributed by atoms with van der Waals surface area (Å²) in [4.78, 5) is -0.0526. The van der Waals surface area contributed by atoms with Gasteiger partial charge < -0.3 is 10.5 Å². The Balaban J connectivity index is 2.63. The van der Waals surface area contributed by atoms with Crippen LogP contribution in [0.2, 0.25) is 0 Å². The maximum absolute atomic E-state index is 12.7. The van der Waals surface area contributed by atoms with Gasteiger partial charge in [0.05, 0.1) is 5.56 Å². The van der Waals surface area contributed by atoms with Gasteiger partial charge in [-0.3, -0.25) is 0 Å². The lowest BCUT2D eigenvalue weighted by Crippen LogP contribution is -2.14. The zero-order chi connectivity index (χ0) is 11.9. The van der Waals surface area contributed by atoms with Gasteiger partial charge in [-0.2, -0.15) is 8.42 Å². The van der Waals surface area contributed by atoms with Gasteiger partial charge in [-0.25, -0.2) is 4.39 Å². The van der Waals surface area contributed by atoms with Crippen molar-refractivity contribution in [1.29, 1.82) is 0 Å². The zero-order valence-corrected chi connectivity index (χ0v) is 9.16. The van der Waals surface area contributed by atoms with E-state index < -0.39 is 16.4 Å². The number of fused-ring (bicyclic) bond motifs is 1. The van der Waals surface area contributed by atoms with E-state index in [2.05, 4.69) is 4.40 Å². The highest BCUT2D eigenvalue weighted by atomic mass is 32.2. The SMILES string of the molecule is CC(F)Oc1cccc2c1C(N)=NS2(=O)=O. The van der Waals surface area contributed by atoms with E-state index >= 15 is 0 Å². The number of nitrogens with two attached hydrogens (primary N) is 1. The maximum atomic E-state index is 12.7. The average Bonchev–Trinajstić information content (AvgIpc) is 2.37. The van der Waals surface area contributed by atoms with Crippen LogP contribution in [0.3, 0.4) is 0 Å². The van der Waals surface area contributed by atoms with Crippen molar-refractivity contribution in [3.8, 4) is 5.75 Å². The largest absolute Gasteiger partial charge is 0.460 e. The van der Waals surface area contributed by atoms with Crippen LogP contribution in [-0.4, -0.2) is 20.6 Å². The van der Waals surface area contributed by atoms with E-state index in [1.54, 1.807) is 0 Å². The van der Waals surface area contributed by atoms with E-state index in [4.69, 9.17) is 10.5 Å². The molecular formula is C9H9FN2O3S. The molecule has 2 rings (SSSR count). The lowest BCUT2D eigenvalue weighted by Gasteiger charge is -2.10. The van der Waals surface area contributed by atoms with Crippen molar-refractivity contribution in [2.75, 3.05) is 0 Å². The third kappa shape index (κ3) is 1.63. The van der Waals surface area contributed by atoms with Gasteiger partial charge in [-0.05, 0) is 12.1 Å². The topological polar surface area (TPSA) is 81.8 Å². The fourth-order valence-corrected chi connectivity index (χ4v) is 2.64. The Morgan fingerprint density at radius 3 is 2.81 bits per heavy atom. The monoisotopic (exact) mass is 244 g/mol. The summed E-state index contributed by atoms with van der Waals surface area (Å²) in [7, 11) is -3.75. The fraction of sp³-hybridized carbons (Fsp3) is 0.222. The summed E-state index contributed by atoms with van der Waals surface area (Å²) in [6.45, 7) is 1.19. The maximum Gasteiger partial charge on any atom is 0.285 e. The molecule has 1 aliphatic rings. The molecule has 0 spiro atoms. The van der Waals surface area contributed by atoms with Crippen molar-refractivity contribution in [3.05, 3.63) is 23.8 Å². The van der Waals surface area contributed by atoms with E-state index in [-0.39, 0.29) is 22.0 Å². The number of sulfonamides is 1. The predicted molar refractivity (Wildman–Crippen MR) is 55.6 cm³/mol. The van der Waals surface area contributed by atoms with Crippen LogP contribution in [0.15, 0.2) is 27.5 Å². The number of amidine groups is 1. The molecule has 0 bridgehead atoms. The quantitative estimate of drug-likeness (QED) is 0.833. The van der Waals surface area contributed by atoms with E-state index in [1.165, 1.54) is 25.1 Å². The highest BCUT2D eigenvalue weighted by Gasteiger charge is 2.30. The molecule has 2 N–H and O–H groups in total. The first-order chi connectivity index (χ1) is 7.42. The van der Waals surface area contributed by atoms with Crippen LogP contribution in [0.25, 0.3) is 0 Å². The van der Waals surface area contributed by atoms with Gasteiger partial charge in [0, 0.05) is 6.92 Å². The Bertz CT molecular complexity index is 566. The van der Waals surface area contributed by atoms with Crippen molar-refractivity contribution < 1.29 is 17.5 Å². The lowest BCUT2D eigenvalue weighted by molar-refractivity contribution is 0.0856. The third-order valence-corrected chi connectivity index (χ3v) is 3.36. The molecule has 1 aromatic carbocycles. The highest BCUT2D eigenvalue weighted by Crippen LogP contribution is 2.32. The molecule has 1 atom stereocenters. The first kappa shape index (κ1) is 10.9. The lowest BCUT2D eigenvalue weighted by atomic mass is 10.2. The minimum Gasteiger partial charge on any atom is -0.460 e. The molecule has 0 saturated heterocycles. The number of alkyl halides is 1. The summed E-state index contributed by atoms with van der Waals surface area (Å²) < 4.78 is 43.8. The Morgan fingerprint density at radius 1 is 1.50 bits per heavy atom.